The molecule has 0 spiro atoms. The smallest absolute Gasteiger partial charge is 0.387 e. The second-order valence-electron chi connectivity index (χ2n) is 7.05. The molecule has 28 heavy (non-hydrogen) atoms. The van der Waals surface area contributed by atoms with E-state index in [1.807, 2.05) is 18.2 Å². The first-order valence-corrected chi connectivity index (χ1v) is 9.85. The van der Waals surface area contributed by atoms with E-state index in [0.29, 0.717) is 16.5 Å². The van der Waals surface area contributed by atoms with Gasteiger partial charge in [-0.15, -0.1) is 0 Å². The molecule has 0 heterocycles. The number of ether oxygens (including phenoxy) is 1. The number of aryl methyl sites for hydroxylation is 1. The number of benzene rings is 3. The van der Waals surface area contributed by atoms with E-state index in [9.17, 15) is 8.78 Å². The van der Waals surface area contributed by atoms with Crippen molar-refractivity contribution in [3.8, 4) is 16.9 Å². The molecular weight excluding hydrogens is 361 g/mol. The van der Waals surface area contributed by atoms with Crippen molar-refractivity contribution in [1.29, 1.82) is 0 Å². The van der Waals surface area contributed by atoms with Gasteiger partial charge in [-0.05, 0) is 41.5 Å². The Labute approximate surface area is 164 Å². The van der Waals surface area contributed by atoms with Gasteiger partial charge >= 0.3 is 6.61 Å². The Bertz CT molecular complexity index is 904. The number of unbranched alkanes of at least 4 members (excludes halogenated alkanes) is 4. The van der Waals surface area contributed by atoms with E-state index in [4.69, 9.17) is 0 Å². The molecule has 3 aromatic rings. The summed E-state index contributed by atoms with van der Waals surface area (Å²) in [6.07, 6.45) is 7.17. The lowest BCUT2D eigenvalue weighted by Crippen LogP contribution is -2.01. The molecule has 3 rings (SSSR count). The summed E-state index contributed by atoms with van der Waals surface area (Å²) in [7, 11) is 0. The number of hydrogen-bond acceptors (Lipinski definition) is 1. The van der Waals surface area contributed by atoms with Crippen molar-refractivity contribution < 1.29 is 17.9 Å². The van der Waals surface area contributed by atoms with Crippen LogP contribution >= 0.6 is 0 Å². The largest absolute Gasteiger partial charge is 0.435 e. The summed E-state index contributed by atoms with van der Waals surface area (Å²) in [5, 5.41) is 1.45. The molecule has 0 aliphatic carbocycles. The molecule has 0 aliphatic heterocycles. The summed E-state index contributed by atoms with van der Waals surface area (Å²) in [6, 6.07) is 15.6. The second kappa shape index (κ2) is 9.63. The lowest BCUT2D eigenvalue weighted by molar-refractivity contribution is -0.0498. The Morgan fingerprint density at radius 2 is 1.61 bits per heavy atom. The van der Waals surface area contributed by atoms with Crippen molar-refractivity contribution in [2.24, 2.45) is 0 Å². The first kappa shape index (κ1) is 20.2. The Morgan fingerprint density at radius 3 is 2.32 bits per heavy atom. The third kappa shape index (κ3) is 5.06. The molecule has 0 aromatic heterocycles. The third-order valence-electron chi connectivity index (χ3n) is 4.98. The minimum Gasteiger partial charge on any atom is -0.435 e. The average molecular weight is 386 g/mol. The first-order valence-electron chi connectivity index (χ1n) is 9.85. The highest BCUT2D eigenvalue weighted by molar-refractivity contribution is 5.88. The molecule has 0 aliphatic rings. The molecule has 0 fully saturated rings. The van der Waals surface area contributed by atoms with Crippen molar-refractivity contribution in [3.05, 3.63) is 66.0 Å². The minimum absolute atomic E-state index is 0.0588. The maximum Gasteiger partial charge on any atom is 0.387 e. The molecular formula is C24H25F3O. The van der Waals surface area contributed by atoms with Gasteiger partial charge in [-0.3, -0.25) is 0 Å². The molecule has 0 radical (unpaired) electrons. The molecule has 148 valence electrons. The highest BCUT2D eigenvalue weighted by Gasteiger charge is 2.11. The third-order valence-corrected chi connectivity index (χ3v) is 4.98. The molecule has 1 nitrogen and oxygen atoms in total. The molecule has 0 amide bonds. The monoisotopic (exact) mass is 386 g/mol. The van der Waals surface area contributed by atoms with Crippen LogP contribution in [-0.2, 0) is 6.42 Å². The summed E-state index contributed by atoms with van der Waals surface area (Å²) in [6.45, 7) is -0.665. The Morgan fingerprint density at radius 1 is 0.857 bits per heavy atom. The maximum atomic E-state index is 15.0. The maximum absolute atomic E-state index is 15.0. The van der Waals surface area contributed by atoms with Crippen molar-refractivity contribution in [2.45, 2.75) is 52.1 Å². The zero-order valence-corrected chi connectivity index (χ0v) is 16.1. The standard InChI is InChI=1S/C24H25F3O/c1-2-3-4-5-6-7-17-8-14-22-19(16-17)11-15-21(23(22)25)18-9-12-20(13-10-18)28-24(26)27/h8-16,24H,2-7H2,1H3. The average Bonchev–Trinajstić information content (AvgIpc) is 2.68. The van der Waals surface area contributed by atoms with Crippen LogP contribution in [0.3, 0.4) is 0 Å². The molecule has 0 unspecified atom stereocenters. The zero-order chi connectivity index (χ0) is 19.9. The van der Waals surface area contributed by atoms with E-state index in [1.54, 1.807) is 18.2 Å². The van der Waals surface area contributed by atoms with Gasteiger partial charge in [0.1, 0.15) is 11.6 Å². The van der Waals surface area contributed by atoms with E-state index >= 15 is 4.39 Å². The van der Waals surface area contributed by atoms with Crippen LogP contribution < -0.4 is 4.74 Å². The number of rotatable bonds is 9. The normalized spacial score (nSPS) is 11.3. The molecule has 0 saturated heterocycles. The van der Waals surface area contributed by atoms with Gasteiger partial charge in [-0.2, -0.15) is 8.78 Å². The van der Waals surface area contributed by atoms with Gasteiger partial charge in [0.2, 0.25) is 0 Å². The van der Waals surface area contributed by atoms with E-state index in [1.165, 1.54) is 43.4 Å². The number of alkyl halides is 2. The molecule has 0 saturated carbocycles. The van der Waals surface area contributed by atoms with Crippen LogP contribution in [0.5, 0.6) is 5.75 Å². The molecule has 0 N–H and O–H groups in total. The summed E-state index contributed by atoms with van der Waals surface area (Å²) in [5.74, 6) is -0.238. The number of fused-ring (bicyclic) bond motifs is 1. The fourth-order valence-electron chi connectivity index (χ4n) is 3.47. The van der Waals surface area contributed by atoms with Crippen molar-refractivity contribution in [2.75, 3.05) is 0 Å². The van der Waals surface area contributed by atoms with Gasteiger partial charge in [0.15, 0.2) is 0 Å². The summed E-state index contributed by atoms with van der Waals surface area (Å²) < 4.78 is 43.9. The van der Waals surface area contributed by atoms with Gasteiger partial charge in [-0.1, -0.05) is 75.1 Å². The van der Waals surface area contributed by atoms with E-state index in [2.05, 4.69) is 17.7 Å². The summed E-state index contributed by atoms with van der Waals surface area (Å²) in [4.78, 5) is 0. The summed E-state index contributed by atoms with van der Waals surface area (Å²) >= 11 is 0. The van der Waals surface area contributed by atoms with Crippen molar-refractivity contribution in [1.82, 2.24) is 0 Å². The van der Waals surface area contributed by atoms with Crippen LogP contribution in [0.4, 0.5) is 13.2 Å². The highest BCUT2D eigenvalue weighted by Crippen LogP contribution is 2.31. The second-order valence-corrected chi connectivity index (χ2v) is 7.05. The topological polar surface area (TPSA) is 9.23 Å². The predicted molar refractivity (Wildman–Crippen MR) is 108 cm³/mol. The van der Waals surface area contributed by atoms with Crippen molar-refractivity contribution in [3.63, 3.8) is 0 Å². The van der Waals surface area contributed by atoms with Crippen LogP contribution in [0.25, 0.3) is 21.9 Å². The van der Waals surface area contributed by atoms with Gasteiger partial charge in [0, 0.05) is 10.9 Å². The Kier molecular flexibility index (Phi) is 6.96. The van der Waals surface area contributed by atoms with Gasteiger partial charge in [0.25, 0.3) is 0 Å². The van der Waals surface area contributed by atoms with Crippen LogP contribution in [0, 0.1) is 5.82 Å². The fourth-order valence-corrected chi connectivity index (χ4v) is 3.47. The van der Waals surface area contributed by atoms with E-state index in [-0.39, 0.29) is 11.6 Å². The van der Waals surface area contributed by atoms with Crippen LogP contribution in [-0.4, -0.2) is 6.61 Å². The number of hydrogen-bond donors (Lipinski definition) is 0. The van der Waals surface area contributed by atoms with Gasteiger partial charge < -0.3 is 4.74 Å². The lowest BCUT2D eigenvalue weighted by Gasteiger charge is -2.10. The van der Waals surface area contributed by atoms with Crippen LogP contribution in [0.1, 0.15) is 44.6 Å². The quantitative estimate of drug-likeness (QED) is 0.341. The zero-order valence-electron chi connectivity index (χ0n) is 16.1. The van der Waals surface area contributed by atoms with E-state index in [0.717, 1.165) is 18.2 Å². The predicted octanol–water partition coefficient (Wildman–Crippen LogP) is 7.76. The molecule has 4 heteroatoms. The SMILES string of the molecule is CCCCCCCc1ccc2c(F)c(-c3ccc(OC(F)F)cc3)ccc2c1. The Balaban J connectivity index is 1.76. The van der Waals surface area contributed by atoms with Gasteiger partial charge in [-0.25, -0.2) is 4.39 Å². The fraction of sp³-hybridized carbons (Fsp3) is 0.333. The highest BCUT2D eigenvalue weighted by atomic mass is 19.3. The summed E-state index contributed by atoms with van der Waals surface area (Å²) in [5.41, 5.74) is 2.30. The van der Waals surface area contributed by atoms with Crippen LogP contribution in [0.15, 0.2) is 54.6 Å². The lowest BCUT2D eigenvalue weighted by atomic mass is 9.97. The molecule has 3 aromatic carbocycles. The molecule has 0 bridgehead atoms. The molecule has 0 atom stereocenters. The number of halogens is 3. The first-order chi connectivity index (χ1) is 13.6. The van der Waals surface area contributed by atoms with Gasteiger partial charge in [0.05, 0.1) is 0 Å². The Hall–Kier alpha value is -2.49. The van der Waals surface area contributed by atoms with E-state index < -0.39 is 6.61 Å². The minimum atomic E-state index is -2.87. The van der Waals surface area contributed by atoms with Crippen molar-refractivity contribution >= 4 is 10.8 Å². The van der Waals surface area contributed by atoms with Crippen LogP contribution in [0.2, 0.25) is 0 Å².